The van der Waals surface area contributed by atoms with E-state index in [4.69, 9.17) is 9.47 Å². The molecule has 0 bridgehead atoms. The molecule has 1 aliphatic heterocycles. The number of carbonyl (C=O) groups excluding carboxylic acids is 1. The van der Waals surface area contributed by atoms with E-state index < -0.39 is 26.3 Å². The minimum atomic E-state index is -4.18. The van der Waals surface area contributed by atoms with Gasteiger partial charge in [-0.05, 0) is 54.6 Å². The molecule has 0 aliphatic carbocycles. The largest absolute Gasteiger partial charge is 0.497 e. The number of fused-ring (bicyclic) bond motifs is 1. The summed E-state index contributed by atoms with van der Waals surface area (Å²) in [6.07, 6.45) is 1.22. The van der Waals surface area contributed by atoms with Crippen LogP contribution in [0, 0.1) is 5.82 Å². The van der Waals surface area contributed by atoms with Crippen LogP contribution in [0.25, 0.3) is 0 Å². The molecule has 0 atom stereocenters. The van der Waals surface area contributed by atoms with Crippen molar-refractivity contribution in [3.05, 3.63) is 89.2 Å². The third-order valence-electron chi connectivity index (χ3n) is 4.91. The van der Waals surface area contributed by atoms with Crippen LogP contribution in [0.15, 0.2) is 82.7 Å². The second-order valence-corrected chi connectivity index (χ2v) is 8.62. The Hall–Kier alpha value is -3.65. The van der Waals surface area contributed by atoms with Gasteiger partial charge in [-0.2, -0.15) is 0 Å². The molecular weight excluding hydrogens is 421 g/mol. The molecule has 1 aliphatic rings. The number of benzene rings is 3. The summed E-state index contributed by atoms with van der Waals surface area (Å²) in [5, 5.41) is 0. The highest BCUT2D eigenvalue weighted by molar-refractivity contribution is 7.96. The van der Waals surface area contributed by atoms with Crippen molar-refractivity contribution in [2.24, 2.45) is 0 Å². The molecule has 1 heterocycles. The number of ketones is 1. The summed E-state index contributed by atoms with van der Waals surface area (Å²) in [5.41, 5.74) is 0.812. The van der Waals surface area contributed by atoms with Gasteiger partial charge in [0.25, 0.3) is 0 Å². The molecule has 0 unspecified atom stereocenters. The van der Waals surface area contributed by atoms with Gasteiger partial charge in [0.2, 0.25) is 15.6 Å². The van der Waals surface area contributed by atoms with E-state index in [9.17, 15) is 17.6 Å². The summed E-state index contributed by atoms with van der Waals surface area (Å²) in [6.45, 7) is 0. The van der Waals surface area contributed by atoms with Gasteiger partial charge in [-0.15, -0.1) is 0 Å². The predicted molar refractivity (Wildman–Crippen MR) is 114 cm³/mol. The van der Waals surface area contributed by atoms with Crippen molar-refractivity contribution in [1.29, 1.82) is 0 Å². The molecule has 0 radical (unpaired) electrons. The van der Waals surface area contributed by atoms with E-state index >= 15 is 0 Å². The maximum absolute atomic E-state index is 14.0. The summed E-state index contributed by atoms with van der Waals surface area (Å²) in [6, 6.07) is 16.3. The second kappa shape index (κ2) is 7.88. The number of ether oxygens (including phenoxy) is 2. The lowest BCUT2D eigenvalue weighted by Gasteiger charge is -2.29. The molecular formula is C23H18FNO5S. The number of methoxy groups -OCH3 is 2. The number of Topliss-reactive ketones (excluding diaryl/α,β-unsaturated/α-hetero) is 1. The normalized spacial score (nSPS) is 14.4. The lowest BCUT2D eigenvalue weighted by Crippen LogP contribution is -2.26. The number of allylic oxidation sites excluding steroid dienone is 1. The van der Waals surface area contributed by atoms with Gasteiger partial charge in [0.05, 0.1) is 24.8 Å². The SMILES string of the molecule is COc1ccc(C(=O)C2=CN(c3cccc(OC)c3)c3cc(F)ccc3S2(=O)=O)cc1. The van der Waals surface area contributed by atoms with E-state index in [0.29, 0.717) is 17.2 Å². The topological polar surface area (TPSA) is 72.9 Å². The van der Waals surface area contributed by atoms with E-state index in [0.717, 1.165) is 12.1 Å². The first-order chi connectivity index (χ1) is 14.8. The van der Waals surface area contributed by atoms with Gasteiger partial charge >= 0.3 is 0 Å². The number of hydrogen-bond acceptors (Lipinski definition) is 6. The Kier molecular flexibility index (Phi) is 5.24. The first kappa shape index (κ1) is 20.6. The van der Waals surface area contributed by atoms with Crippen LogP contribution in [-0.2, 0) is 9.84 Å². The van der Waals surface area contributed by atoms with Crippen LogP contribution in [0.1, 0.15) is 10.4 Å². The van der Waals surface area contributed by atoms with E-state index in [1.54, 1.807) is 36.4 Å². The van der Waals surface area contributed by atoms with E-state index in [-0.39, 0.29) is 16.1 Å². The molecule has 0 saturated heterocycles. The van der Waals surface area contributed by atoms with Gasteiger partial charge in [0.15, 0.2) is 0 Å². The Bertz CT molecular complexity index is 1300. The smallest absolute Gasteiger partial charge is 0.214 e. The zero-order valence-corrected chi connectivity index (χ0v) is 17.5. The lowest BCUT2D eigenvalue weighted by molar-refractivity contribution is 0.104. The van der Waals surface area contributed by atoms with Crippen molar-refractivity contribution in [3.63, 3.8) is 0 Å². The highest BCUT2D eigenvalue weighted by atomic mass is 32.2. The van der Waals surface area contributed by atoms with Crippen molar-refractivity contribution < 1.29 is 27.1 Å². The number of carbonyl (C=O) groups is 1. The molecule has 31 heavy (non-hydrogen) atoms. The highest BCUT2D eigenvalue weighted by Crippen LogP contribution is 2.41. The lowest BCUT2D eigenvalue weighted by atomic mass is 10.1. The van der Waals surface area contributed by atoms with Gasteiger partial charge in [-0.3, -0.25) is 4.79 Å². The number of anilines is 2. The average Bonchev–Trinajstić information content (AvgIpc) is 2.78. The molecule has 0 saturated carbocycles. The number of nitrogens with zero attached hydrogens (tertiary/aromatic N) is 1. The van der Waals surface area contributed by atoms with E-state index in [1.807, 2.05) is 0 Å². The van der Waals surface area contributed by atoms with Gasteiger partial charge in [-0.1, -0.05) is 6.07 Å². The Labute approximate surface area is 179 Å². The van der Waals surface area contributed by atoms with Gasteiger partial charge in [-0.25, -0.2) is 12.8 Å². The third-order valence-corrected chi connectivity index (χ3v) is 6.71. The Morgan fingerprint density at radius 3 is 2.29 bits per heavy atom. The third kappa shape index (κ3) is 3.66. The first-order valence-corrected chi connectivity index (χ1v) is 10.7. The second-order valence-electron chi connectivity index (χ2n) is 6.74. The first-order valence-electron chi connectivity index (χ1n) is 9.23. The van der Waals surface area contributed by atoms with Crippen LogP contribution in [0.2, 0.25) is 0 Å². The number of hydrogen-bond donors (Lipinski definition) is 0. The quantitative estimate of drug-likeness (QED) is 0.431. The minimum absolute atomic E-state index is 0.111. The molecule has 4 rings (SSSR count). The molecule has 0 aromatic heterocycles. The maximum Gasteiger partial charge on any atom is 0.214 e. The van der Waals surface area contributed by atoms with Crippen molar-refractivity contribution in [2.45, 2.75) is 4.90 Å². The van der Waals surface area contributed by atoms with Gasteiger partial charge < -0.3 is 14.4 Å². The van der Waals surface area contributed by atoms with Crippen LogP contribution in [0.5, 0.6) is 11.5 Å². The van der Waals surface area contributed by atoms with Crippen LogP contribution in [0.4, 0.5) is 15.8 Å². The van der Waals surface area contributed by atoms with Crippen LogP contribution < -0.4 is 14.4 Å². The van der Waals surface area contributed by atoms with Crippen molar-refractivity contribution in [2.75, 3.05) is 19.1 Å². The molecule has 3 aromatic rings. The molecule has 0 spiro atoms. The number of rotatable bonds is 5. The van der Waals surface area contributed by atoms with Crippen molar-refractivity contribution in [3.8, 4) is 11.5 Å². The summed E-state index contributed by atoms with van der Waals surface area (Å²) in [7, 11) is -1.18. The Balaban J connectivity index is 1.90. The van der Waals surface area contributed by atoms with Crippen LogP contribution in [-0.4, -0.2) is 28.4 Å². The number of sulfone groups is 1. The fourth-order valence-electron chi connectivity index (χ4n) is 3.32. The Morgan fingerprint density at radius 1 is 0.903 bits per heavy atom. The van der Waals surface area contributed by atoms with Gasteiger partial charge in [0, 0.05) is 23.5 Å². The van der Waals surface area contributed by atoms with Crippen molar-refractivity contribution >= 4 is 27.0 Å². The summed E-state index contributed by atoms with van der Waals surface area (Å²) in [4.78, 5) is 14.1. The zero-order chi connectivity index (χ0) is 22.2. The molecule has 8 heteroatoms. The van der Waals surface area contributed by atoms with Crippen LogP contribution >= 0.6 is 0 Å². The minimum Gasteiger partial charge on any atom is -0.497 e. The zero-order valence-electron chi connectivity index (χ0n) is 16.7. The Morgan fingerprint density at radius 2 is 1.61 bits per heavy atom. The molecule has 0 N–H and O–H groups in total. The van der Waals surface area contributed by atoms with E-state index in [1.165, 1.54) is 43.5 Å². The van der Waals surface area contributed by atoms with Crippen molar-refractivity contribution in [1.82, 2.24) is 0 Å². The number of halogens is 1. The summed E-state index contributed by atoms with van der Waals surface area (Å²) in [5.74, 6) is -0.207. The molecule has 6 nitrogen and oxygen atoms in total. The highest BCUT2D eigenvalue weighted by Gasteiger charge is 2.36. The summed E-state index contributed by atoms with van der Waals surface area (Å²) < 4.78 is 50.9. The standard InChI is InChI=1S/C23H18FNO5S/c1-29-18-9-6-15(7-10-18)23(26)22-14-25(17-4-3-5-19(13-17)30-2)20-12-16(24)8-11-21(20)31(22,27)28/h3-14H,1-2H3. The van der Waals surface area contributed by atoms with Gasteiger partial charge in [0.1, 0.15) is 22.2 Å². The fraction of sp³-hybridized carbons (Fsp3) is 0.0870. The van der Waals surface area contributed by atoms with Crippen LogP contribution in [0.3, 0.4) is 0 Å². The monoisotopic (exact) mass is 439 g/mol. The fourth-order valence-corrected chi connectivity index (χ4v) is 4.84. The molecule has 0 fully saturated rings. The molecule has 158 valence electrons. The maximum atomic E-state index is 14.0. The molecule has 0 amide bonds. The molecule has 3 aromatic carbocycles. The summed E-state index contributed by atoms with van der Waals surface area (Å²) >= 11 is 0. The van der Waals surface area contributed by atoms with E-state index in [2.05, 4.69) is 0 Å². The average molecular weight is 439 g/mol. The predicted octanol–water partition coefficient (Wildman–Crippen LogP) is 4.49.